The van der Waals surface area contributed by atoms with E-state index in [4.69, 9.17) is 5.73 Å². The van der Waals surface area contributed by atoms with Crippen LogP contribution in [0.15, 0.2) is 28.7 Å². The van der Waals surface area contributed by atoms with E-state index in [1.165, 1.54) is 50.5 Å². The molecule has 2 rings (SSSR count). The van der Waals surface area contributed by atoms with Crippen LogP contribution in [-0.2, 0) is 6.42 Å². The smallest absolute Gasteiger partial charge is 0.0178 e. The van der Waals surface area contributed by atoms with Gasteiger partial charge in [-0.15, -0.1) is 0 Å². The van der Waals surface area contributed by atoms with Crippen molar-refractivity contribution < 1.29 is 0 Å². The summed E-state index contributed by atoms with van der Waals surface area (Å²) in [7, 11) is 0. The van der Waals surface area contributed by atoms with Gasteiger partial charge in [0.05, 0.1) is 0 Å². The first-order chi connectivity index (χ1) is 8.75. The molecule has 1 saturated carbocycles. The van der Waals surface area contributed by atoms with Gasteiger partial charge in [-0.05, 0) is 42.9 Å². The van der Waals surface area contributed by atoms with Crippen molar-refractivity contribution in [2.24, 2.45) is 11.7 Å². The highest BCUT2D eigenvalue weighted by Crippen LogP contribution is 2.26. The molecule has 0 saturated heterocycles. The fourth-order valence-electron chi connectivity index (χ4n) is 3.02. The maximum Gasteiger partial charge on any atom is 0.0178 e. The second-order valence-corrected chi connectivity index (χ2v) is 6.52. The minimum absolute atomic E-state index is 0.331. The Kier molecular flexibility index (Phi) is 5.71. The van der Waals surface area contributed by atoms with Crippen molar-refractivity contribution >= 4 is 15.9 Å². The maximum atomic E-state index is 6.44. The fourth-order valence-corrected chi connectivity index (χ4v) is 3.47. The van der Waals surface area contributed by atoms with Crippen molar-refractivity contribution in [3.63, 3.8) is 0 Å². The van der Waals surface area contributed by atoms with Gasteiger partial charge in [0.2, 0.25) is 0 Å². The molecule has 2 N–H and O–H groups in total. The van der Waals surface area contributed by atoms with Gasteiger partial charge < -0.3 is 5.73 Å². The molecule has 1 aromatic rings. The van der Waals surface area contributed by atoms with Gasteiger partial charge in [-0.2, -0.15) is 0 Å². The topological polar surface area (TPSA) is 26.0 Å². The SMILES string of the molecule is NC(Cc1cccc(Br)c1)C1CCCCCCC1. The summed E-state index contributed by atoms with van der Waals surface area (Å²) in [6.45, 7) is 0. The maximum absolute atomic E-state index is 6.44. The Bertz CT molecular complexity index is 356. The van der Waals surface area contributed by atoms with Gasteiger partial charge in [-0.3, -0.25) is 0 Å². The van der Waals surface area contributed by atoms with Crippen LogP contribution in [0.5, 0.6) is 0 Å². The summed E-state index contributed by atoms with van der Waals surface area (Å²) in [6.07, 6.45) is 10.6. The van der Waals surface area contributed by atoms with Crippen LogP contribution in [0.25, 0.3) is 0 Å². The van der Waals surface area contributed by atoms with Gasteiger partial charge in [0.15, 0.2) is 0 Å². The highest BCUT2D eigenvalue weighted by molar-refractivity contribution is 9.10. The largest absolute Gasteiger partial charge is 0.327 e. The monoisotopic (exact) mass is 309 g/mol. The van der Waals surface area contributed by atoms with E-state index in [1.54, 1.807) is 0 Å². The summed E-state index contributed by atoms with van der Waals surface area (Å²) in [6, 6.07) is 8.89. The Morgan fingerprint density at radius 3 is 2.44 bits per heavy atom. The number of rotatable bonds is 3. The first-order valence-corrected chi connectivity index (χ1v) is 8.05. The van der Waals surface area contributed by atoms with Crippen LogP contribution in [0.1, 0.15) is 50.5 Å². The normalized spacial score (nSPS) is 20.1. The van der Waals surface area contributed by atoms with Crippen molar-refractivity contribution in [2.45, 2.75) is 57.4 Å². The second kappa shape index (κ2) is 7.30. The first-order valence-electron chi connectivity index (χ1n) is 7.26. The van der Waals surface area contributed by atoms with E-state index < -0.39 is 0 Å². The Hall–Kier alpha value is -0.340. The molecule has 1 aliphatic rings. The third-order valence-electron chi connectivity index (χ3n) is 4.12. The molecule has 2 heteroatoms. The summed E-state index contributed by atoms with van der Waals surface area (Å²) >= 11 is 3.53. The minimum atomic E-state index is 0.331. The standard InChI is InChI=1S/C16H24BrN/c17-15-10-6-7-13(11-15)12-16(18)14-8-4-2-1-3-5-9-14/h6-7,10-11,14,16H,1-5,8-9,12,18H2. The number of hydrogen-bond donors (Lipinski definition) is 1. The van der Waals surface area contributed by atoms with Gasteiger partial charge in [0.25, 0.3) is 0 Å². The molecule has 1 unspecified atom stereocenters. The molecule has 0 aliphatic heterocycles. The average Bonchev–Trinajstić information content (AvgIpc) is 2.28. The van der Waals surface area contributed by atoms with Crippen LogP contribution < -0.4 is 5.73 Å². The van der Waals surface area contributed by atoms with Crippen molar-refractivity contribution in [2.75, 3.05) is 0 Å². The molecule has 1 aliphatic carbocycles. The minimum Gasteiger partial charge on any atom is -0.327 e. The Morgan fingerprint density at radius 2 is 1.78 bits per heavy atom. The van der Waals surface area contributed by atoms with Crippen molar-refractivity contribution in [1.29, 1.82) is 0 Å². The van der Waals surface area contributed by atoms with E-state index in [1.807, 2.05) is 0 Å². The van der Waals surface area contributed by atoms with Crippen LogP contribution in [0.2, 0.25) is 0 Å². The lowest BCUT2D eigenvalue weighted by Gasteiger charge is -2.26. The Balaban J connectivity index is 1.91. The molecule has 0 radical (unpaired) electrons. The van der Waals surface area contributed by atoms with E-state index in [2.05, 4.69) is 40.2 Å². The second-order valence-electron chi connectivity index (χ2n) is 5.60. The van der Waals surface area contributed by atoms with Crippen LogP contribution in [0.3, 0.4) is 0 Å². The first kappa shape index (κ1) is 14.1. The summed E-state index contributed by atoms with van der Waals surface area (Å²) in [5, 5.41) is 0. The summed E-state index contributed by atoms with van der Waals surface area (Å²) in [4.78, 5) is 0. The average molecular weight is 310 g/mol. The highest BCUT2D eigenvalue weighted by atomic mass is 79.9. The quantitative estimate of drug-likeness (QED) is 0.862. The van der Waals surface area contributed by atoms with E-state index in [-0.39, 0.29) is 0 Å². The number of hydrogen-bond acceptors (Lipinski definition) is 1. The predicted octanol–water partition coefficient (Wildman–Crippen LogP) is 4.68. The van der Waals surface area contributed by atoms with E-state index in [0.29, 0.717) is 6.04 Å². The van der Waals surface area contributed by atoms with Gasteiger partial charge in [0.1, 0.15) is 0 Å². The van der Waals surface area contributed by atoms with E-state index in [0.717, 1.165) is 16.8 Å². The Morgan fingerprint density at radius 1 is 1.11 bits per heavy atom. The third kappa shape index (κ3) is 4.40. The van der Waals surface area contributed by atoms with Crippen LogP contribution >= 0.6 is 15.9 Å². The van der Waals surface area contributed by atoms with Gasteiger partial charge in [-0.1, -0.05) is 60.2 Å². The summed E-state index contributed by atoms with van der Waals surface area (Å²) in [5.74, 6) is 0.726. The summed E-state index contributed by atoms with van der Waals surface area (Å²) < 4.78 is 1.16. The molecular formula is C16H24BrN. The number of halogens is 1. The van der Waals surface area contributed by atoms with E-state index in [9.17, 15) is 0 Å². The zero-order valence-corrected chi connectivity index (χ0v) is 12.7. The number of benzene rings is 1. The van der Waals surface area contributed by atoms with Crippen molar-refractivity contribution in [3.05, 3.63) is 34.3 Å². The highest BCUT2D eigenvalue weighted by Gasteiger charge is 2.19. The zero-order chi connectivity index (χ0) is 12.8. The summed E-state index contributed by atoms with van der Waals surface area (Å²) in [5.41, 5.74) is 7.80. The molecule has 0 aromatic heterocycles. The molecular weight excluding hydrogens is 286 g/mol. The zero-order valence-electron chi connectivity index (χ0n) is 11.1. The van der Waals surface area contributed by atoms with Gasteiger partial charge in [-0.25, -0.2) is 0 Å². The molecule has 0 bridgehead atoms. The lowest BCUT2D eigenvalue weighted by molar-refractivity contribution is 0.322. The van der Waals surface area contributed by atoms with Gasteiger partial charge in [0, 0.05) is 10.5 Å². The molecule has 0 heterocycles. The molecule has 100 valence electrons. The molecule has 18 heavy (non-hydrogen) atoms. The van der Waals surface area contributed by atoms with Crippen molar-refractivity contribution in [3.8, 4) is 0 Å². The van der Waals surface area contributed by atoms with Crippen LogP contribution in [0, 0.1) is 5.92 Å². The van der Waals surface area contributed by atoms with Crippen LogP contribution in [0.4, 0.5) is 0 Å². The molecule has 1 nitrogen and oxygen atoms in total. The fraction of sp³-hybridized carbons (Fsp3) is 0.625. The molecule has 0 spiro atoms. The molecule has 1 atom stereocenters. The van der Waals surface area contributed by atoms with E-state index >= 15 is 0 Å². The van der Waals surface area contributed by atoms with Crippen LogP contribution in [-0.4, -0.2) is 6.04 Å². The molecule has 0 amide bonds. The third-order valence-corrected chi connectivity index (χ3v) is 4.61. The van der Waals surface area contributed by atoms with Crippen molar-refractivity contribution in [1.82, 2.24) is 0 Å². The lowest BCUT2D eigenvalue weighted by Crippen LogP contribution is -2.32. The Labute approximate surface area is 119 Å². The lowest BCUT2D eigenvalue weighted by atomic mass is 9.84. The predicted molar refractivity (Wildman–Crippen MR) is 81.6 cm³/mol. The molecule has 1 fully saturated rings. The number of nitrogens with two attached hydrogens (primary N) is 1. The molecule has 1 aromatic carbocycles. The van der Waals surface area contributed by atoms with Gasteiger partial charge >= 0.3 is 0 Å².